The van der Waals surface area contributed by atoms with Crippen LogP contribution in [0, 0.1) is 5.41 Å². The smallest absolute Gasteiger partial charge is 0.321 e. The number of urea groups is 1. The second kappa shape index (κ2) is 9.14. The van der Waals surface area contributed by atoms with Crippen molar-refractivity contribution in [2.45, 2.75) is 44.9 Å². The Bertz CT molecular complexity index is 825. The SMILES string of the molecule is CNC(=O)NC(=O)COC(=O)CC1(Cc2nc3ccccc3s2)CCCCC1. The van der Waals surface area contributed by atoms with Crippen LogP contribution in [0.4, 0.5) is 4.79 Å². The van der Waals surface area contributed by atoms with Crippen LogP contribution in [0.1, 0.15) is 43.5 Å². The normalized spacial score (nSPS) is 15.8. The van der Waals surface area contributed by atoms with Crippen LogP contribution in [0.5, 0.6) is 0 Å². The van der Waals surface area contributed by atoms with E-state index in [4.69, 9.17) is 9.72 Å². The highest BCUT2D eigenvalue weighted by Gasteiger charge is 2.36. The maximum Gasteiger partial charge on any atom is 0.321 e. The highest BCUT2D eigenvalue weighted by Crippen LogP contribution is 2.43. The molecule has 3 amide bonds. The molecule has 0 unspecified atom stereocenters. The van der Waals surface area contributed by atoms with Crippen molar-refractivity contribution in [3.05, 3.63) is 29.3 Å². The molecule has 0 spiro atoms. The minimum atomic E-state index is -0.642. The van der Waals surface area contributed by atoms with Crippen molar-refractivity contribution >= 4 is 39.5 Å². The molecular weight excluding hydrogens is 378 g/mol. The van der Waals surface area contributed by atoms with Crippen LogP contribution in [-0.4, -0.2) is 36.5 Å². The number of aromatic nitrogens is 1. The lowest BCUT2D eigenvalue weighted by Gasteiger charge is -2.36. The van der Waals surface area contributed by atoms with E-state index in [2.05, 4.69) is 16.7 Å². The van der Waals surface area contributed by atoms with Gasteiger partial charge in [0, 0.05) is 13.5 Å². The van der Waals surface area contributed by atoms with E-state index in [0.717, 1.165) is 47.3 Å². The van der Waals surface area contributed by atoms with Crippen molar-refractivity contribution in [2.24, 2.45) is 5.41 Å². The predicted octanol–water partition coefficient (Wildman–Crippen LogP) is 3.18. The quantitative estimate of drug-likeness (QED) is 0.722. The number of benzene rings is 1. The Morgan fingerprint density at radius 1 is 1.18 bits per heavy atom. The number of carbonyl (C=O) groups excluding carboxylic acids is 3. The van der Waals surface area contributed by atoms with Gasteiger partial charge >= 0.3 is 12.0 Å². The standard InChI is InChI=1S/C20H25N3O4S/c1-21-19(26)23-16(24)13-27-18(25)12-20(9-5-2-6-10-20)11-17-22-14-7-3-4-8-15(14)28-17/h3-4,7-8H,2,5-6,9-13H2,1H3,(H2,21,23,24,26). The van der Waals surface area contributed by atoms with E-state index in [1.807, 2.05) is 18.2 Å². The summed E-state index contributed by atoms with van der Waals surface area (Å²) in [5, 5.41) is 5.39. The number of nitrogens with zero attached hydrogens (tertiary/aromatic N) is 1. The summed E-state index contributed by atoms with van der Waals surface area (Å²) in [5.41, 5.74) is 0.808. The van der Waals surface area contributed by atoms with E-state index >= 15 is 0 Å². The second-order valence-corrected chi connectivity index (χ2v) is 8.39. The summed E-state index contributed by atoms with van der Waals surface area (Å²) >= 11 is 1.67. The summed E-state index contributed by atoms with van der Waals surface area (Å²) in [6.07, 6.45) is 6.23. The number of hydrogen-bond donors (Lipinski definition) is 2. The predicted molar refractivity (Wildman–Crippen MR) is 107 cm³/mol. The molecule has 0 saturated heterocycles. The Morgan fingerprint density at radius 3 is 2.64 bits per heavy atom. The van der Waals surface area contributed by atoms with Gasteiger partial charge in [-0.1, -0.05) is 31.4 Å². The van der Waals surface area contributed by atoms with Crippen molar-refractivity contribution in [3.63, 3.8) is 0 Å². The number of hydrogen-bond acceptors (Lipinski definition) is 6. The van der Waals surface area contributed by atoms with Crippen molar-refractivity contribution < 1.29 is 19.1 Å². The fourth-order valence-corrected chi connectivity index (χ4v) is 4.90. The average molecular weight is 404 g/mol. The Kier molecular flexibility index (Phi) is 6.61. The highest BCUT2D eigenvalue weighted by molar-refractivity contribution is 7.18. The Balaban J connectivity index is 1.63. The van der Waals surface area contributed by atoms with E-state index in [0.29, 0.717) is 0 Å². The molecule has 3 rings (SSSR count). The minimum Gasteiger partial charge on any atom is -0.456 e. The van der Waals surface area contributed by atoms with E-state index in [1.165, 1.54) is 13.5 Å². The first-order valence-electron chi connectivity index (χ1n) is 9.51. The molecule has 2 aromatic rings. The fourth-order valence-electron chi connectivity index (χ4n) is 3.76. The molecule has 1 aromatic heterocycles. The number of para-hydroxylation sites is 1. The number of rotatable bonds is 6. The van der Waals surface area contributed by atoms with Gasteiger partial charge in [0.15, 0.2) is 6.61 Å². The molecule has 7 nitrogen and oxygen atoms in total. The van der Waals surface area contributed by atoms with Gasteiger partial charge in [-0.15, -0.1) is 11.3 Å². The summed E-state index contributed by atoms with van der Waals surface area (Å²) in [5.74, 6) is -1.05. The van der Waals surface area contributed by atoms with Gasteiger partial charge in [-0.2, -0.15) is 0 Å². The number of amides is 3. The molecule has 0 radical (unpaired) electrons. The Morgan fingerprint density at radius 2 is 1.93 bits per heavy atom. The van der Waals surface area contributed by atoms with Gasteiger partial charge in [-0.25, -0.2) is 9.78 Å². The third-order valence-electron chi connectivity index (χ3n) is 5.14. The van der Waals surface area contributed by atoms with E-state index in [9.17, 15) is 14.4 Å². The zero-order chi connectivity index (χ0) is 20.0. The van der Waals surface area contributed by atoms with Crippen LogP contribution in [0.2, 0.25) is 0 Å². The fraction of sp³-hybridized carbons (Fsp3) is 0.500. The Hall–Kier alpha value is -2.48. The molecular formula is C20H25N3O4S. The third kappa shape index (κ3) is 5.28. The first-order valence-corrected chi connectivity index (χ1v) is 10.3. The zero-order valence-electron chi connectivity index (χ0n) is 16.0. The third-order valence-corrected chi connectivity index (χ3v) is 6.18. The molecule has 8 heteroatoms. The zero-order valence-corrected chi connectivity index (χ0v) is 16.8. The van der Waals surface area contributed by atoms with E-state index in [1.54, 1.807) is 11.3 Å². The maximum absolute atomic E-state index is 12.4. The highest BCUT2D eigenvalue weighted by atomic mass is 32.1. The minimum absolute atomic E-state index is 0.180. The number of thiazole rings is 1. The molecule has 2 N–H and O–H groups in total. The topological polar surface area (TPSA) is 97.4 Å². The summed E-state index contributed by atoms with van der Waals surface area (Å²) in [4.78, 5) is 39.9. The molecule has 1 saturated carbocycles. The number of ether oxygens (including phenoxy) is 1. The number of fused-ring (bicyclic) bond motifs is 1. The molecule has 1 aromatic carbocycles. The molecule has 1 fully saturated rings. The second-order valence-electron chi connectivity index (χ2n) is 7.28. The summed E-state index contributed by atoms with van der Waals surface area (Å²) in [6, 6.07) is 7.41. The lowest BCUT2D eigenvalue weighted by atomic mass is 9.70. The molecule has 28 heavy (non-hydrogen) atoms. The van der Waals surface area contributed by atoms with Crippen molar-refractivity contribution in [1.29, 1.82) is 0 Å². The molecule has 1 aliphatic carbocycles. The monoisotopic (exact) mass is 403 g/mol. The van der Waals surface area contributed by atoms with Crippen LogP contribution in [-0.2, 0) is 20.7 Å². The van der Waals surface area contributed by atoms with Crippen molar-refractivity contribution in [3.8, 4) is 0 Å². The van der Waals surface area contributed by atoms with Crippen LogP contribution in [0.15, 0.2) is 24.3 Å². The lowest BCUT2D eigenvalue weighted by Crippen LogP contribution is -2.40. The van der Waals surface area contributed by atoms with Crippen LogP contribution in [0.3, 0.4) is 0 Å². The number of carbonyl (C=O) groups is 3. The number of imide groups is 1. The number of nitrogens with one attached hydrogen (secondary N) is 2. The van der Waals surface area contributed by atoms with E-state index in [-0.39, 0.29) is 11.8 Å². The van der Waals surface area contributed by atoms with Gasteiger partial charge in [0.2, 0.25) is 0 Å². The molecule has 1 heterocycles. The molecule has 0 atom stereocenters. The number of esters is 1. The molecule has 150 valence electrons. The van der Waals surface area contributed by atoms with E-state index < -0.39 is 24.5 Å². The summed E-state index contributed by atoms with van der Waals surface area (Å²) < 4.78 is 6.28. The van der Waals surface area contributed by atoms with Crippen LogP contribution < -0.4 is 10.6 Å². The summed E-state index contributed by atoms with van der Waals surface area (Å²) in [7, 11) is 1.41. The van der Waals surface area contributed by atoms with Crippen LogP contribution >= 0.6 is 11.3 Å². The van der Waals surface area contributed by atoms with Gasteiger partial charge in [0.25, 0.3) is 5.91 Å². The first kappa shape index (κ1) is 20.3. The van der Waals surface area contributed by atoms with Gasteiger partial charge in [-0.3, -0.25) is 14.9 Å². The van der Waals surface area contributed by atoms with Gasteiger partial charge in [0.1, 0.15) is 0 Å². The van der Waals surface area contributed by atoms with Gasteiger partial charge in [0.05, 0.1) is 21.6 Å². The first-order chi connectivity index (χ1) is 13.5. The largest absolute Gasteiger partial charge is 0.456 e. The van der Waals surface area contributed by atoms with Crippen molar-refractivity contribution in [1.82, 2.24) is 15.6 Å². The summed E-state index contributed by atoms with van der Waals surface area (Å²) in [6.45, 7) is -0.455. The molecule has 1 aliphatic rings. The maximum atomic E-state index is 12.4. The molecule has 0 aliphatic heterocycles. The van der Waals surface area contributed by atoms with Gasteiger partial charge in [-0.05, 0) is 30.4 Å². The van der Waals surface area contributed by atoms with Gasteiger partial charge < -0.3 is 10.1 Å². The Labute approximate surface area is 167 Å². The lowest BCUT2D eigenvalue weighted by molar-refractivity contribution is -0.151. The molecule has 0 bridgehead atoms. The average Bonchev–Trinajstić information content (AvgIpc) is 3.08. The van der Waals surface area contributed by atoms with Crippen LogP contribution in [0.25, 0.3) is 10.2 Å². The van der Waals surface area contributed by atoms with Crippen molar-refractivity contribution in [2.75, 3.05) is 13.7 Å².